The van der Waals surface area contributed by atoms with Gasteiger partial charge in [-0.25, -0.2) is 5.43 Å². The molecule has 3 nitrogen and oxygen atoms in total. The van der Waals surface area contributed by atoms with Gasteiger partial charge < -0.3 is 10.5 Å². The van der Waals surface area contributed by atoms with Crippen molar-refractivity contribution in [2.75, 3.05) is 5.43 Å². The fourth-order valence-corrected chi connectivity index (χ4v) is 2.27. The van der Waals surface area contributed by atoms with Crippen molar-refractivity contribution in [3.05, 3.63) is 58.1 Å². The van der Waals surface area contributed by atoms with E-state index in [2.05, 4.69) is 26.8 Å². The Balaban J connectivity index is 2.12. The number of anilines is 1. The molecule has 3 N–H and O–H groups in total. The van der Waals surface area contributed by atoms with E-state index in [9.17, 15) is 18.3 Å². The highest BCUT2D eigenvalue weighted by molar-refractivity contribution is 9.10. The highest BCUT2D eigenvalue weighted by Crippen LogP contribution is 2.39. The zero-order valence-electron chi connectivity index (χ0n) is 10.7. The Bertz CT molecular complexity index is 618. The molecule has 0 saturated carbocycles. The third kappa shape index (κ3) is 4.12. The summed E-state index contributed by atoms with van der Waals surface area (Å²) in [6, 6.07) is 11.4. The number of halogens is 4. The van der Waals surface area contributed by atoms with Crippen LogP contribution in [-0.2, 0) is 12.7 Å². The van der Waals surface area contributed by atoms with Gasteiger partial charge in [0.05, 0.1) is 5.56 Å². The summed E-state index contributed by atoms with van der Waals surface area (Å²) in [5.74, 6) is -0.770. The SMILES string of the molecule is Oc1c(CNNc2ccccc2)cc(Br)cc1C(F)(F)F. The van der Waals surface area contributed by atoms with Gasteiger partial charge in [-0.1, -0.05) is 34.1 Å². The van der Waals surface area contributed by atoms with E-state index in [0.29, 0.717) is 0 Å². The number of alkyl halides is 3. The summed E-state index contributed by atoms with van der Waals surface area (Å²) in [5, 5.41) is 9.74. The van der Waals surface area contributed by atoms with E-state index in [1.54, 1.807) is 12.1 Å². The zero-order chi connectivity index (χ0) is 15.5. The van der Waals surface area contributed by atoms with Gasteiger partial charge in [-0.3, -0.25) is 0 Å². The largest absolute Gasteiger partial charge is 0.507 e. The molecule has 0 amide bonds. The summed E-state index contributed by atoms with van der Waals surface area (Å²) in [5.41, 5.74) is 5.45. The van der Waals surface area contributed by atoms with Gasteiger partial charge in [0.1, 0.15) is 5.75 Å². The third-order valence-electron chi connectivity index (χ3n) is 2.74. The molecule has 0 aromatic heterocycles. The third-order valence-corrected chi connectivity index (χ3v) is 3.20. The van der Waals surface area contributed by atoms with Gasteiger partial charge in [-0.15, -0.1) is 0 Å². The average molecular weight is 361 g/mol. The molecular formula is C14H12BrF3N2O. The molecule has 7 heteroatoms. The molecule has 0 aliphatic heterocycles. The predicted octanol–water partition coefficient (Wildman–Crippen LogP) is 4.29. The van der Waals surface area contributed by atoms with Crippen molar-refractivity contribution in [2.45, 2.75) is 12.7 Å². The summed E-state index contributed by atoms with van der Waals surface area (Å²) in [6.45, 7) is 0.0310. The molecule has 112 valence electrons. The Morgan fingerprint density at radius 1 is 1.10 bits per heavy atom. The summed E-state index contributed by atoms with van der Waals surface area (Å²) in [6.07, 6.45) is -4.60. The van der Waals surface area contributed by atoms with Crippen LogP contribution in [0.15, 0.2) is 46.9 Å². The van der Waals surface area contributed by atoms with Crippen LogP contribution < -0.4 is 10.9 Å². The zero-order valence-corrected chi connectivity index (χ0v) is 12.3. The molecule has 0 aliphatic rings. The lowest BCUT2D eigenvalue weighted by molar-refractivity contribution is -0.138. The number of rotatable bonds is 4. The molecule has 0 saturated heterocycles. The maximum atomic E-state index is 12.8. The highest BCUT2D eigenvalue weighted by Gasteiger charge is 2.35. The van der Waals surface area contributed by atoms with Gasteiger partial charge in [-0.2, -0.15) is 13.2 Å². The van der Waals surface area contributed by atoms with Crippen molar-refractivity contribution in [3.63, 3.8) is 0 Å². The van der Waals surface area contributed by atoms with Crippen LogP contribution in [-0.4, -0.2) is 5.11 Å². The van der Waals surface area contributed by atoms with Gasteiger partial charge in [0.15, 0.2) is 0 Å². The van der Waals surface area contributed by atoms with Crippen molar-refractivity contribution in [3.8, 4) is 5.75 Å². The van der Waals surface area contributed by atoms with Crippen LogP contribution in [0.25, 0.3) is 0 Å². The molecule has 21 heavy (non-hydrogen) atoms. The van der Waals surface area contributed by atoms with Crippen LogP contribution >= 0.6 is 15.9 Å². The number of phenols is 1. The molecule has 0 unspecified atom stereocenters. The average Bonchev–Trinajstić information content (AvgIpc) is 2.42. The van der Waals surface area contributed by atoms with Crippen molar-refractivity contribution in [2.24, 2.45) is 0 Å². The van der Waals surface area contributed by atoms with Crippen LogP contribution in [0.3, 0.4) is 0 Å². The standard InChI is InChI=1S/C14H12BrF3N2O/c15-10-6-9(13(21)12(7-10)14(16,17)18)8-19-20-11-4-2-1-3-5-11/h1-7,19-21H,8H2. The molecule has 2 aromatic rings. The molecule has 0 spiro atoms. The minimum absolute atomic E-state index is 0.0310. The number of para-hydroxylation sites is 1. The normalized spacial score (nSPS) is 11.4. The maximum Gasteiger partial charge on any atom is 0.420 e. The first-order valence-electron chi connectivity index (χ1n) is 6.00. The van der Waals surface area contributed by atoms with E-state index >= 15 is 0 Å². The van der Waals surface area contributed by atoms with E-state index in [4.69, 9.17) is 0 Å². The monoisotopic (exact) mass is 360 g/mol. The minimum atomic E-state index is -4.60. The van der Waals surface area contributed by atoms with Gasteiger partial charge >= 0.3 is 6.18 Å². The first-order valence-corrected chi connectivity index (χ1v) is 6.80. The van der Waals surface area contributed by atoms with E-state index < -0.39 is 17.5 Å². The molecule has 2 rings (SSSR count). The Morgan fingerprint density at radius 3 is 2.38 bits per heavy atom. The summed E-state index contributed by atoms with van der Waals surface area (Å²) in [7, 11) is 0. The number of aromatic hydroxyl groups is 1. The second-order valence-corrected chi connectivity index (χ2v) is 5.22. The van der Waals surface area contributed by atoms with Crippen molar-refractivity contribution in [1.82, 2.24) is 5.43 Å². The Hall–Kier alpha value is -1.73. The Morgan fingerprint density at radius 2 is 1.76 bits per heavy atom. The summed E-state index contributed by atoms with van der Waals surface area (Å²) < 4.78 is 38.6. The number of phenolic OH excluding ortho intramolecular Hbond substituents is 1. The van der Waals surface area contributed by atoms with E-state index in [1.807, 2.05) is 18.2 Å². The topological polar surface area (TPSA) is 44.3 Å². The van der Waals surface area contributed by atoms with Gasteiger partial charge in [-0.05, 0) is 24.3 Å². The summed E-state index contributed by atoms with van der Waals surface area (Å²) >= 11 is 3.02. The lowest BCUT2D eigenvalue weighted by Crippen LogP contribution is -2.21. The quantitative estimate of drug-likeness (QED) is 0.712. The summed E-state index contributed by atoms with van der Waals surface area (Å²) in [4.78, 5) is 0. The van der Waals surface area contributed by atoms with Crippen molar-refractivity contribution in [1.29, 1.82) is 0 Å². The maximum absolute atomic E-state index is 12.8. The van der Waals surface area contributed by atoms with E-state index in [-0.39, 0.29) is 16.6 Å². The number of nitrogens with one attached hydrogen (secondary N) is 2. The number of hydrazine groups is 1. The fraction of sp³-hybridized carbons (Fsp3) is 0.143. The second kappa shape index (κ2) is 6.36. The van der Waals surface area contributed by atoms with Crippen molar-refractivity contribution < 1.29 is 18.3 Å². The van der Waals surface area contributed by atoms with E-state index in [1.165, 1.54) is 6.07 Å². The van der Waals surface area contributed by atoms with Gasteiger partial charge in [0.25, 0.3) is 0 Å². The Labute approximate surface area is 127 Å². The molecule has 0 radical (unpaired) electrons. The second-order valence-electron chi connectivity index (χ2n) is 4.30. The Kier molecular flexibility index (Phi) is 4.74. The first-order chi connectivity index (χ1) is 9.88. The van der Waals surface area contributed by atoms with Crippen LogP contribution in [0, 0.1) is 0 Å². The molecule has 0 fully saturated rings. The highest BCUT2D eigenvalue weighted by atomic mass is 79.9. The van der Waals surface area contributed by atoms with Gasteiger partial charge in [0.2, 0.25) is 0 Å². The fourth-order valence-electron chi connectivity index (χ4n) is 1.77. The predicted molar refractivity (Wildman–Crippen MR) is 77.7 cm³/mol. The van der Waals surface area contributed by atoms with Crippen LogP contribution in [0.2, 0.25) is 0 Å². The lowest BCUT2D eigenvalue weighted by atomic mass is 10.1. The van der Waals surface area contributed by atoms with E-state index in [0.717, 1.165) is 11.8 Å². The number of hydrogen-bond acceptors (Lipinski definition) is 3. The number of hydrogen-bond donors (Lipinski definition) is 3. The first kappa shape index (κ1) is 15.7. The smallest absolute Gasteiger partial charge is 0.420 e. The molecule has 0 heterocycles. The van der Waals surface area contributed by atoms with Gasteiger partial charge in [0, 0.05) is 22.3 Å². The molecule has 2 aromatic carbocycles. The number of benzene rings is 2. The molecule has 0 bridgehead atoms. The van der Waals surface area contributed by atoms with Crippen LogP contribution in [0.4, 0.5) is 18.9 Å². The van der Waals surface area contributed by atoms with Crippen LogP contribution in [0.5, 0.6) is 5.75 Å². The molecular weight excluding hydrogens is 349 g/mol. The van der Waals surface area contributed by atoms with Crippen LogP contribution in [0.1, 0.15) is 11.1 Å². The minimum Gasteiger partial charge on any atom is -0.507 e. The lowest BCUT2D eigenvalue weighted by Gasteiger charge is -2.14. The molecule has 0 atom stereocenters. The molecule has 0 aliphatic carbocycles. The van der Waals surface area contributed by atoms with Crippen molar-refractivity contribution >= 4 is 21.6 Å².